The van der Waals surface area contributed by atoms with Crippen LogP contribution in [0.1, 0.15) is 71.1 Å². The first-order chi connectivity index (χ1) is 8.91. The second-order valence-corrected chi connectivity index (χ2v) is 4.70. The van der Waals surface area contributed by atoms with Crippen LogP contribution in [0.2, 0.25) is 0 Å². The van der Waals surface area contributed by atoms with E-state index in [1.165, 1.54) is 38.5 Å². The highest BCUT2D eigenvalue weighted by molar-refractivity contribution is 4.96. The first-order valence-corrected chi connectivity index (χ1v) is 7.66. The van der Waals surface area contributed by atoms with Crippen LogP contribution in [0.5, 0.6) is 0 Å². The van der Waals surface area contributed by atoms with Crippen molar-refractivity contribution in [2.45, 2.75) is 71.1 Å². The first kappa shape index (κ1) is 17.2. The molecule has 0 rings (SSSR count). The molecule has 0 aliphatic rings. The maximum atomic E-state index is 3.86. The quantitative estimate of drug-likeness (QED) is 0.276. The second kappa shape index (κ2) is 16.2. The topological polar surface area (TPSA) is 0 Å². The average Bonchev–Trinajstić information content (AvgIpc) is 2.39. The minimum absolute atomic E-state index is 1.08. The first-order valence-electron chi connectivity index (χ1n) is 7.66. The van der Waals surface area contributed by atoms with Gasteiger partial charge in [0.2, 0.25) is 0 Å². The molecule has 0 saturated carbocycles. The van der Waals surface area contributed by atoms with Gasteiger partial charge in [0.05, 0.1) is 0 Å². The zero-order valence-corrected chi connectivity index (χ0v) is 12.2. The molecule has 0 amide bonds. The van der Waals surface area contributed by atoms with Crippen molar-refractivity contribution < 1.29 is 0 Å². The molecule has 0 N–H and O–H groups in total. The number of unbranched alkanes of at least 4 members (excludes halogenated alkanes) is 6. The monoisotopic (exact) mass is 247 g/mol. The summed E-state index contributed by atoms with van der Waals surface area (Å²) in [5, 5.41) is 0. The predicted octanol–water partition coefficient (Wildman–Crippen LogP) is 6.41. The van der Waals surface area contributed by atoms with Gasteiger partial charge in [0.25, 0.3) is 0 Å². The Bertz CT molecular complexity index is 220. The van der Waals surface area contributed by atoms with Gasteiger partial charge < -0.3 is 0 Å². The van der Waals surface area contributed by atoms with Crippen LogP contribution in [-0.2, 0) is 0 Å². The van der Waals surface area contributed by atoms with Crippen LogP contribution in [0.25, 0.3) is 0 Å². The molecule has 0 aliphatic carbocycles. The predicted molar refractivity (Wildman–Crippen MR) is 84.6 cm³/mol. The van der Waals surface area contributed by atoms with Gasteiger partial charge in [-0.1, -0.05) is 82.4 Å². The van der Waals surface area contributed by atoms with Crippen LogP contribution >= 0.6 is 0 Å². The van der Waals surface area contributed by atoms with Crippen molar-refractivity contribution in [2.24, 2.45) is 0 Å². The van der Waals surface area contributed by atoms with Gasteiger partial charge in [-0.25, -0.2) is 0 Å². The summed E-state index contributed by atoms with van der Waals surface area (Å²) in [6, 6.07) is 0. The van der Waals surface area contributed by atoms with Crippen molar-refractivity contribution in [3.05, 3.63) is 43.4 Å². The molecule has 0 bridgehead atoms. The van der Waals surface area contributed by atoms with E-state index in [-0.39, 0.29) is 0 Å². The third-order valence-corrected chi connectivity index (χ3v) is 2.90. The van der Waals surface area contributed by atoms with E-state index in [4.69, 9.17) is 0 Å². The molecule has 0 atom stereocenters. The van der Waals surface area contributed by atoms with E-state index in [0.717, 1.165) is 25.7 Å². The smallest absolute Gasteiger partial charge is 0.0169 e. The highest BCUT2D eigenvalue weighted by Gasteiger charge is 1.87. The van der Waals surface area contributed by atoms with Gasteiger partial charge in [0.15, 0.2) is 0 Å². The SMILES string of the molecule is [CH2]CCCCCCCC=CCC=CCC=CCC. The molecule has 0 nitrogen and oxygen atoms in total. The van der Waals surface area contributed by atoms with E-state index in [2.05, 4.69) is 50.3 Å². The summed E-state index contributed by atoms with van der Waals surface area (Å²) in [7, 11) is 0. The lowest BCUT2D eigenvalue weighted by Gasteiger charge is -1.97. The van der Waals surface area contributed by atoms with Crippen LogP contribution in [-0.4, -0.2) is 0 Å². The van der Waals surface area contributed by atoms with Crippen molar-refractivity contribution in [3.63, 3.8) is 0 Å². The Balaban J connectivity index is 3.20. The van der Waals surface area contributed by atoms with Crippen LogP contribution in [0, 0.1) is 6.92 Å². The number of allylic oxidation sites excluding steroid dienone is 6. The standard InChI is InChI=1S/C18H31/c1-3-5-7-9-11-13-15-17-18-16-14-12-10-8-6-4-2/h6,8,12,14,17-18H,1,3-5,7,9-11,13,15-16H2,2H3. The Morgan fingerprint density at radius 2 is 1.22 bits per heavy atom. The fourth-order valence-electron chi connectivity index (χ4n) is 1.80. The summed E-state index contributed by atoms with van der Waals surface area (Å²) in [5.74, 6) is 0. The zero-order valence-electron chi connectivity index (χ0n) is 12.2. The molecule has 0 fully saturated rings. The molecule has 103 valence electrons. The van der Waals surface area contributed by atoms with Crippen LogP contribution in [0.4, 0.5) is 0 Å². The molecule has 0 heterocycles. The largest absolute Gasteiger partial charge is 0.0885 e. The fourth-order valence-corrected chi connectivity index (χ4v) is 1.80. The van der Waals surface area contributed by atoms with Crippen molar-refractivity contribution in [1.82, 2.24) is 0 Å². The van der Waals surface area contributed by atoms with Crippen molar-refractivity contribution >= 4 is 0 Å². The van der Waals surface area contributed by atoms with Crippen LogP contribution < -0.4 is 0 Å². The molecular formula is C18H31. The Morgan fingerprint density at radius 1 is 0.667 bits per heavy atom. The molecule has 0 aliphatic heterocycles. The van der Waals surface area contributed by atoms with Gasteiger partial charge in [-0.2, -0.15) is 0 Å². The summed E-state index contributed by atoms with van der Waals surface area (Å²) >= 11 is 0. The van der Waals surface area contributed by atoms with E-state index in [9.17, 15) is 0 Å². The van der Waals surface area contributed by atoms with E-state index in [0.29, 0.717) is 0 Å². The normalized spacial score (nSPS) is 12.3. The van der Waals surface area contributed by atoms with Gasteiger partial charge in [-0.15, -0.1) is 0 Å². The highest BCUT2D eigenvalue weighted by Crippen LogP contribution is 2.07. The molecule has 0 saturated heterocycles. The van der Waals surface area contributed by atoms with Crippen LogP contribution in [0.15, 0.2) is 36.5 Å². The summed E-state index contributed by atoms with van der Waals surface area (Å²) in [6.45, 7) is 6.03. The number of rotatable bonds is 12. The molecule has 0 aromatic heterocycles. The van der Waals surface area contributed by atoms with E-state index in [1.54, 1.807) is 0 Å². The molecule has 1 radical (unpaired) electrons. The minimum atomic E-state index is 1.08. The minimum Gasteiger partial charge on any atom is -0.0885 e. The number of hydrogen-bond acceptors (Lipinski definition) is 0. The lowest BCUT2D eigenvalue weighted by molar-refractivity contribution is 0.621. The molecule has 18 heavy (non-hydrogen) atoms. The number of hydrogen-bond donors (Lipinski definition) is 0. The van der Waals surface area contributed by atoms with Gasteiger partial charge >= 0.3 is 0 Å². The van der Waals surface area contributed by atoms with Gasteiger partial charge in [-0.05, 0) is 32.1 Å². The highest BCUT2D eigenvalue weighted by atomic mass is 13.9. The lowest BCUT2D eigenvalue weighted by atomic mass is 10.1. The van der Waals surface area contributed by atoms with Crippen molar-refractivity contribution in [1.29, 1.82) is 0 Å². The average molecular weight is 247 g/mol. The van der Waals surface area contributed by atoms with Crippen molar-refractivity contribution in [3.8, 4) is 0 Å². The second-order valence-electron chi connectivity index (χ2n) is 4.70. The summed E-state index contributed by atoms with van der Waals surface area (Å²) in [4.78, 5) is 0. The maximum Gasteiger partial charge on any atom is -0.0169 e. The Morgan fingerprint density at radius 3 is 1.89 bits per heavy atom. The molecule has 0 aromatic rings. The van der Waals surface area contributed by atoms with Crippen molar-refractivity contribution in [2.75, 3.05) is 0 Å². The van der Waals surface area contributed by atoms with Gasteiger partial charge in [-0.3, -0.25) is 0 Å². The molecule has 0 unspecified atom stereocenters. The molecular weight excluding hydrogens is 216 g/mol. The summed E-state index contributed by atoms with van der Waals surface area (Å²) < 4.78 is 0. The third kappa shape index (κ3) is 15.2. The summed E-state index contributed by atoms with van der Waals surface area (Å²) in [6.07, 6.45) is 26.0. The summed E-state index contributed by atoms with van der Waals surface area (Å²) in [5.41, 5.74) is 0. The lowest BCUT2D eigenvalue weighted by Crippen LogP contribution is -1.77. The van der Waals surface area contributed by atoms with Crippen LogP contribution in [0.3, 0.4) is 0 Å². The van der Waals surface area contributed by atoms with E-state index < -0.39 is 0 Å². The van der Waals surface area contributed by atoms with Gasteiger partial charge in [0.1, 0.15) is 0 Å². The fraction of sp³-hybridized carbons (Fsp3) is 0.611. The molecule has 0 aromatic carbocycles. The Labute approximate surface area is 115 Å². The molecule has 0 spiro atoms. The van der Waals surface area contributed by atoms with E-state index in [1.807, 2.05) is 0 Å². The third-order valence-electron chi connectivity index (χ3n) is 2.90. The van der Waals surface area contributed by atoms with E-state index >= 15 is 0 Å². The maximum absolute atomic E-state index is 3.86. The molecule has 0 heteroatoms. The van der Waals surface area contributed by atoms with Gasteiger partial charge in [0, 0.05) is 0 Å². The Kier molecular flexibility index (Phi) is 15.5. The Hall–Kier alpha value is -0.780. The zero-order chi connectivity index (χ0) is 13.3.